The van der Waals surface area contributed by atoms with Crippen LogP contribution in [-0.2, 0) is 15.1 Å². The fraction of sp³-hybridized carbons (Fsp3) is 0.250. The first-order chi connectivity index (χ1) is 11.4. The summed E-state index contributed by atoms with van der Waals surface area (Å²) in [7, 11) is 0. The first kappa shape index (κ1) is 16.1. The average molecular weight is 344 g/mol. The highest BCUT2D eigenvalue weighted by Crippen LogP contribution is 2.28. The molecule has 0 radical (unpaired) electrons. The summed E-state index contributed by atoms with van der Waals surface area (Å²) in [5.41, 5.74) is 0.555. The van der Waals surface area contributed by atoms with Crippen LogP contribution in [0.5, 0.6) is 0 Å². The van der Waals surface area contributed by atoms with Crippen molar-refractivity contribution in [3.05, 3.63) is 47.0 Å². The van der Waals surface area contributed by atoms with Crippen molar-refractivity contribution >= 4 is 34.3 Å². The molecule has 2 aromatic rings. The lowest BCUT2D eigenvalue weighted by Gasteiger charge is -2.22. The number of anilines is 1. The molecule has 1 aromatic carbocycles. The smallest absolute Gasteiger partial charge is 0.319 e. The normalized spacial score (nSPS) is 20.2. The second-order valence-electron chi connectivity index (χ2n) is 5.70. The molecule has 2 heterocycles. The molecule has 1 aliphatic rings. The van der Waals surface area contributed by atoms with Gasteiger partial charge in [-0.1, -0.05) is 29.8 Å². The van der Waals surface area contributed by atoms with Crippen LogP contribution in [0.25, 0.3) is 0 Å². The maximum absolute atomic E-state index is 12.7. The first-order valence-electron chi connectivity index (χ1n) is 7.31. The summed E-state index contributed by atoms with van der Waals surface area (Å²) in [6, 6.07) is 6.76. The van der Waals surface area contributed by atoms with Crippen LogP contribution in [-0.4, -0.2) is 34.3 Å². The van der Waals surface area contributed by atoms with Crippen LogP contribution >= 0.6 is 11.3 Å². The van der Waals surface area contributed by atoms with Gasteiger partial charge >= 0.3 is 6.03 Å². The Kier molecular flexibility index (Phi) is 4.06. The number of hydrogen-bond acceptors (Lipinski definition) is 5. The summed E-state index contributed by atoms with van der Waals surface area (Å²) in [6.07, 6.45) is 1.56. The summed E-state index contributed by atoms with van der Waals surface area (Å²) >= 11 is 1.26. The molecule has 1 saturated heterocycles. The van der Waals surface area contributed by atoms with Crippen LogP contribution in [0, 0.1) is 6.92 Å². The minimum absolute atomic E-state index is 0.355. The van der Waals surface area contributed by atoms with Gasteiger partial charge in [-0.15, -0.1) is 11.3 Å². The molecule has 2 N–H and O–H groups in total. The van der Waals surface area contributed by atoms with Crippen molar-refractivity contribution in [1.82, 2.24) is 15.2 Å². The number of nitrogens with one attached hydrogen (secondary N) is 2. The number of nitrogens with zero attached hydrogens (tertiary/aromatic N) is 2. The molecule has 1 fully saturated rings. The maximum atomic E-state index is 12.7. The molecule has 3 rings (SSSR count). The van der Waals surface area contributed by atoms with Gasteiger partial charge in [0.2, 0.25) is 5.91 Å². The van der Waals surface area contributed by atoms with Gasteiger partial charge in [0.15, 0.2) is 5.13 Å². The van der Waals surface area contributed by atoms with E-state index in [9.17, 15) is 14.4 Å². The molecule has 0 aliphatic carbocycles. The number of aromatic nitrogens is 1. The van der Waals surface area contributed by atoms with Crippen LogP contribution in [0.2, 0.25) is 0 Å². The number of amides is 4. The molecule has 7 nitrogen and oxygen atoms in total. The molecular formula is C16H16N4O3S. The van der Waals surface area contributed by atoms with E-state index in [0.717, 1.165) is 10.5 Å². The van der Waals surface area contributed by atoms with E-state index in [1.165, 1.54) is 11.3 Å². The van der Waals surface area contributed by atoms with E-state index in [1.54, 1.807) is 30.6 Å². The molecule has 0 unspecified atom stereocenters. The Labute approximate surface area is 142 Å². The van der Waals surface area contributed by atoms with Crippen molar-refractivity contribution in [2.24, 2.45) is 0 Å². The second kappa shape index (κ2) is 6.04. The average Bonchev–Trinajstić information content (AvgIpc) is 3.11. The van der Waals surface area contributed by atoms with E-state index in [1.807, 2.05) is 19.1 Å². The standard InChI is InChI=1S/C16H16N4O3S/c1-10-3-5-11(6-4-10)16(2)13(22)20(15(23)19-16)9-12(21)18-14-17-7-8-24-14/h3-8H,9H2,1-2H3,(H,19,23)(H,17,18,21)/t16-/m0/s1. The molecule has 1 aromatic heterocycles. The lowest BCUT2D eigenvalue weighted by molar-refractivity contribution is -0.133. The Bertz CT molecular complexity index is 788. The molecule has 124 valence electrons. The lowest BCUT2D eigenvalue weighted by atomic mass is 9.91. The van der Waals surface area contributed by atoms with Gasteiger partial charge in [-0.3, -0.25) is 14.5 Å². The zero-order chi connectivity index (χ0) is 17.3. The Morgan fingerprint density at radius 2 is 2.04 bits per heavy atom. The van der Waals surface area contributed by atoms with E-state index < -0.39 is 23.4 Å². The van der Waals surface area contributed by atoms with Crippen molar-refractivity contribution in [2.45, 2.75) is 19.4 Å². The summed E-state index contributed by atoms with van der Waals surface area (Å²) in [4.78, 5) is 41.8. The van der Waals surface area contributed by atoms with E-state index in [-0.39, 0.29) is 6.54 Å². The van der Waals surface area contributed by atoms with Crippen molar-refractivity contribution in [3.8, 4) is 0 Å². The Balaban J connectivity index is 1.76. The molecule has 8 heteroatoms. The number of aryl methyl sites for hydroxylation is 1. The molecule has 4 amide bonds. The zero-order valence-corrected chi connectivity index (χ0v) is 14.0. The lowest BCUT2D eigenvalue weighted by Crippen LogP contribution is -2.42. The number of imide groups is 1. The highest BCUT2D eigenvalue weighted by atomic mass is 32.1. The molecule has 0 bridgehead atoms. The highest BCUT2D eigenvalue weighted by Gasteiger charge is 2.49. The van der Waals surface area contributed by atoms with Gasteiger partial charge in [-0.05, 0) is 19.4 Å². The van der Waals surface area contributed by atoms with E-state index in [4.69, 9.17) is 0 Å². The SMILES string of the molecule is Cc1ccc([C@]2(C)NC(=O)N(CC(=O)Nc3nccs3)C2=O)cc1. The number of carbonyl (C=O) groups excluding carboxylic acids is 3. The fourth-order valence-electron chi connectivity index (χ4n) is 2.51. The summed E-state index contributed by atoms with van der Waals surface area (Å²) in [5.74, 6) is -0.924. The topological polar surface area (TPSA) is 91.4 Å². The molecule has 0 saturated carbocycles. The van der Waals surface area contributed by atoms with Gasteiger partial charge in [0.25, 0.3) is 5.91 Å². The van der Waals surface area contributed by atoms with E-state index in [2.05, 4.69) is 15.6 Å². The number of benzene rings is 1. The number of thiazole rings is 1. The van der Waals surface area contributed by atoms with Crippen LogP contribution < -0.4 is 10.6 Å². The molecule has 1 atom stereocenters. The van der Waals surface area contributed by atoms with Gasteiger partial charge < -0.3 is 10.6 Å². The predicted molar refractivity (Wildman–Crippen MR) is 89.5 cm³/mol. The molecule has 24 heavy (non-hydrogen) atoms. The minimum atomic E-state index is -1.17. The van der Waals surface area contributed by atoms with Crippen LogP contribution in [0.15, 0.2) is 35.8 Å². The fourth-order valence-corrected chi connectivity index (χ4v) is 3.06. The van der Waals surface area contributed by atoms with Gasteiger partial charge in [-0.2, -0.15) is 0 Å². The van der Waals surface area contributed by atoms with Crippen LogP contribution in [0.1, 0.15) is 18.1 Å². The Morgan fingerprint density at radius 1 is 1.33 bits per heavy atom. The summed E-state index contributed by atoms with van der Waals surface area (Å²) in [5, 5.41) is 7.38. The maximum Gasteiger partial charge on any atom is 0.325 e. The molecule has 1 aliphatic heterocycles. The monoisotopic (exact) mass is 344 g/mol. The number of rotatable bonds is 4. The van der Waals surface area contributed by atoms with E-state index in [0.29, 0.717) is 10.7 Å². The van der Waals surface area contributed by atoms with Crippen molar-refractivity contribution in [1.29, 1.82) is 0 Å². The number of urea groups is 1. The predicted octanol–water partition coefficient (Wildman–Crippen LogP) is 1.86. The minimum Gasteiger partial charge on any atom is -0.319 e. The van der Waals surface area contributed by atoms with Crippen molar-refractivity contribution < 1.29 is 14.4 Å². The van der Waals surface area contributed by atoms with Crippen molar-refractivity contribution in [3.63, 3.8) is 0 Å². The van der Waals surface area contributed by atoms with Gasteiger partial charge in [0, 0.05) is 11.6 Å². The first-order valence-corrected chi connectivity index (χ1v) is 8.19. The van der Waals surface area contributed by atoms with Gasteiger partial charge in [0.1, 0.15) is 12.1 Å². The summed E-state index contributed by atoms with van der Waals surface area (Å²) < 4.78 is 0. The van der Waals surface area contributed by atoms with Crippen LogP contribution in [0.3, 0.4) is 0 Å². The Morgan fingerprint density at radius 3 is 2.67 bits per heavy atom. The highest BCUT2D eigenvalue weighted by molar-refractivity contribution is 7.13. The molecule has 0 spiro atoms. The third kappa shape index (κ3) is 2.88. The summed E-state index contributed by atoms with van der Waals surface area (Å²) in [6.45, 7) is 3.22. The quantitative estimate of drug-likeness (QED) is 0.828. The molecular weight excluding hydrogens is 328 g/mol. The zero-order valence-electron chi connectivity index (χ0n) is 13.2. The van der Waals surface area contributed by atoms with Crippen LogP contribution in [0.4, 0.5) is 9.93 Å². The second-order valence-corrected chi connectivity index (χ2v) is 6.59. The van der Waals surface area contributed by atoms with E-state index >= 15 is 0 Å². The van der Waals surface area contributed by atoms with Crippen molar-refractivity contribution in [2.75, 3.05) is 11.9 Å². The van der Waals surface area contributed by atoms with Gasteiger partial charge in [0.05, 0.1) is 0 Å². The third-order valence-electron chi connectivity index (χ3n) is 3.88. The van der Waals surface area contributed by atoms with Gasteiger partial charge in [-0.25, -0.2) is 9.78 Å². The third-order valence-corrected chi connectivity index (χ3v) is 4.57. The number of hydrogen-bond donors (Lipinski definition) is 2. The Hall–Kier alpha value is -2.74. The number of carbonyl (C=O) groups is 3. The largest absolute Gasteiger partial charge is 0.325 e.